The van der Waals surface area contributed by atoms with Crippen molar-refractivity contribution in [2.24, 2.45) is 0 Å². The van der Waals surface area contributed by atoms with Gasteiger partial charge in [-0.05, 0) is 61.5 Å². The fraction of sp³-hybridized carbons (Fsp3) is 0.0500. The average Bonchev–Trinajstić information content (AvgIpc) is 2.66. The second kappa shape index (κ2) is 7.77. The molecule has 5 nitrogen and oxygen atoms in total. The van der Waals surface area contributed by atoms with Gasteiger partial charge in [-0.25, -0.2) is 17.2 Å². The number of rotatable bonds is 5. The average molecular weight is 402 g/mol. The van der Waals surface area contributed by atoms with Gasteiger partial charge in [0, 0.05) is 16.9 Å². The lowest BCUT2D eigenvalue weighted by molar-refractivity contribution is 0.102. The van der Waals surface area contributed by atoms with Gasteiger partial charge in [0.15, 0.2) is 11.6 Å². The summed E-state index contributed by atoms with van der Waals surface area (Å²) in [7, 11) is -4.10. The Morgan fingerprint density at radius 1 is 0.821 bits per heavy atom. The van der Waals surface area contributed by atoms with Crippen molar-refractivity contribution < 1.29 is 22.0 Å². The van der Waals surface area contributed by atoms with E-state index in [1.807, 2.05) is 19.1 Å². The van der Waals surface area contributed by atoms with Gasteiger partial charge in [-0.2, -0.15) is 0 Å². The lowest BCUT2D eigenvalue weighted by Gasteiger charge is -2.10. The molecule has 0 fully saturated rings. The molecular weight excluding hydrogens is 386 g/mol. The second-order valence-corrected chi connectivity index (χ2v) is 7.76. The highest BCUT2D eigenvalue weighted by Crippen LogP contribution is 2.19. The van der Waals surface area contributed by atoms with Gasteiger partial charge in [0.1, 0.15) is 0 Å². The highest BCUT2D eigenvalue weighted by Gasteiger charge is 2.17. The molecule has 0 aliphatic rings. The first-order valence-corrected chi connectivity index (χ1v) is 9.69. The smallest absolute Gasteiger partial charge is 0.261 e. The summed E-state index contributed by atoms with van der Waals surface area (Å²) in [5, 5.41) is 2.74. The van der Waals surface area contributed by atoms with E-state index < -0.39 is 26.6 Å². The minimum Gasteiger partial charge on any atom is -0.322 e. The van der Waals surface area contributed by atoms with Crippen molar-refractivity contribution in [3.05, 3.63) is 89.5 Å². The van der Waals surface area contributed by atoms with Crippen molar-refractivity contribution in [2.75, 3.05) is 10.0 Å². The van der Waals surface area contributed by atoms with Crippen LogP contribution in [0.3, 0.4) is 0 Å². The van der Waals surface area contributed by atoms with Gasteiger partial charge >= 0.3 is 0 Å². The van der Waals surface area contributed by atoms with Crippen molar-refractivity contribution in [1.29, 1.82) is 0 Å². The normalized spacial score (nSPS) is 11.1. The van der Waals surface area contributed by atoms with Gasteiger partial charge in [0.25, 0.3) is 15.9 Å². The molecule has 144 valence electrons. The van der Waals surface area contributed by atoms with E-state index in [9.17, 15) is 22.0 Å². The van der Waals surface area contributed by atoms with Crippen LogP contribution in [0.4, 0.5) is 20.2 Å². The van der Waals surface area contributed by atoms with Gasteiger partial charge < -0.3 is 5.32 Å². The van der Waals surface area contributed by atoms with Crippen LogP contribution in [0, 0.1) is 18.6 Å². The number of benzene rings is 3. The molecule has 0 unspecified atom stereocenters. The molecule has 0 aromatic heterocycles. The summed E-state index contributed by atoms with van der Waals surface area (Å²) in [6, 6.07) is 15.3. The molecule has 3 aromatic carbocycles. The predicted molar refractivity (Wildman–Crippen MR) is 103 cm³/mol. The number of halogens is 2. The highest BCUT2D eigenvalue weighted by molar-refractivity contribution is 7.92. The number of amides is 1. The molecule has 28 heavy (non-hydrogen) atoms. The fourth-order valence-electron chi connectivity index (χ4n) is 2.39. The zero-order valence-corrected chi connectivity index (χ0v) is 15.6. The summed E-state index contributed by atoms with van der Waals surface area (Å²) in [5.41, 5.74) is 2.21. The minimum atomic E-state index is -4.10. The molecule has 2 N–H and O–H groups in total. The van der Waals surface area contributed by atoms with Crippen LogP contribution in [0.2, 0.25) is 0 Å². The van der Waals surface area contributed by atoms with Crippen LogP contribution >= 0.6 is 0 Å². The molecule has 0 radical (unpaired) electrons. The summed E-state index contributed by atoms with van der Waals surface area (Å²) < 4.78 is 53.1. The lowest BCUT2D eigenvalue weighted by Crippen LogP contribution is -2.14. The maximum absolute atomic E-state index is 13.3. The second-order valence-electron chi connectivity index (χ2n) is 6.08. The number of sulfonamides is 1. The summed E-state index contributed by atoms with van der Waals surface area (Å²) >= 11 is 0. The molecule has 1 amide bonds. The summed E-state index contributed by atoms with van der Waals surface area (Å²) in [6.45, 7) is 1.94. The monoisotopic (exact) mass is 402 g/mol. The Kier molecular flexibility index (Phi) is 5.41. The molecule has 0 saturated carbocycles. The highest BCUT2D eigenvalue weighted by atomic mass is 32.2. The number of carbonyl (C=O) groups excluding carboxylic acids is 1. The van der Waals surface area contributed by atoms with Crippen LogP contribution in [-0.2, 0) is 10.0 Å². The van der Waals surface area contributed by atoms with Crippen LogP contribution in [0.1, 0.15) is 15.9 Å². The van der Waals surface area contributed by atoms with Crippen molar-refractivity contribution in [3.8, 4) is 0 Å². The first kappa shape index (κ1) is 19.5. The molecule has 3 rings (SSSR count). The van der Waals surface area contributed by atoms with E-state index in [1.54, 1.807) is 12.1 Å². The van der Waals surface area contributed by atoms with Crippen molar-refractivity contribution >= 4 is 27.3 Å². The summed E-state index contributed by atoms with van der Waals surface area (Å²) in [5.74, 6) is -2.74. The first-order valence-electron chi connectivity index (χ1n) is 8.20. The van der Waals surface area contributed by atoms with E-state index in [4.69, 9.17) is 0 Å². The summed E-state index contributed by atoms with van der Waals surface area (Å²) in [4.78, 5) is 11.8. The Morgan fingerprint density at radius 3 is 2.04 bits per heavy atom. The zero-order chi connectivity index (χ0) is 20.3. The maximum atomic E-state index is 13.3. The standard InChI is InChI=1S/C20H16F2N2O3S/c1-13-2-6-15(7-3-13)23-20(25)14-4-8-16(9-5-14)24-28(26,27)17-10-11-18(21)19(22)12-17/h2-12,24H,1H3,(H,23,25). The van der Waals surface area contributed by atoms with E-state index in [0.717, 1.165) is 17.7 Å². The number of carbonyl (C=O) groups is 1. The number of hydrogen-bond acceptors (Lipinski definition) is 3. The molecule has 0 spiro atoms. The number of aryl methyl sites for hydroxylation is 1. The van der Waals surface area contributed by atoms with Gasteiger partial charge in [0.2, 0.25) is 0 Å². The zero-order valence-electron chi connectivity index (χ0n) is 14.7. The quantitative estimate of drug-likeness (QED) is 0.667. The Hall–Kier alpha value is -3.26. The molecule has 0 aliphatic heterocycles. The lowest BCUT2D eigenvalue weighted by atomic mass is 10.2. The van der Waals surface area contributed by atoms with E-state index in [-0.39, 0.29) is 11.6 Å². The maximum Gasteiger partial charge on any atom is 0.261 e. The molecule has 0 saturated heterocycles. The van der Waals surface area contributed by atoms with Crippen LogP contribution in [0.15, 0.2) is 71.6 Å². The number of hydrogen-bond donors (Lipinski definition) is 2. The van der Waals surface area contributed by atoms with Gasteiger partial charge in [-0.1, -0.05) is 17.7 Å². The topological polar surface area (TPSA) is 75.3 Å². The van der Waals surface area contributed by atoms with E-state index in [2.05, 4.69) is 10.0 Å². The minimum absolute atomic E-state index is 0.177. The molecule has 0 heterocycles. The summed E-state index contributed by atoms with van der Waals surface area (Å²) in [6.07, 6.45) is 0. The van der Waals surface area contributed by atoms with E-state index >= 15 is 0 Å². The van der Waals surface area contributed by atoms with Crippen molar-refractivity contribution in [2.45, 2.75) is 11.8 Å². The van der Waals surface area contributed by atoms with Crippen molar-refractivity contribution in [1.82, 2.24) is 0 Å². The molecular formula is C20H16F2N2O3S. The predicted octanol–water partition coefficient (Wildman–Crippen LogP) is 4.33. The first-order chi connectivity index (χ1) is 13.2. The third-order valence-corrected chi connectivity index (χ3v) is 5.29. The van der Waals surface area contributed by atoms with Crippen LogP contribution < -0.4 is 10.0 Å². The van der Waals surface area contributed by atoms with Gasteiger partial charge in [0.05, 0.1) is 4.90 Å². The Labute approximate surface area is 161 Å². The SMILES string of the molecule is Cc1ccc(NC(=O)c2ccc(NS(=O)(=O)c3ccc(F)c(F)c3)cc2)cc1. The third-order valence-electron chi connectivity index (χ3n) is 3.91. The van der Waals surface area contributed by atoms with Crippen LogP contribution in [0.5, 0.6) is 0 Å². The van der Waals surface area contributed by atoms with Gasteiger partial charge in [-0.3, -0.25) is 9.52 Å². The number of nitrogens with one attached hydrogen (secondary N) is 2. The molecule has 0 bridgehead atoms. The van der Waals surface area contributed by atoms with Crippen LogP contribution in [0.25, 0.3) is 0 Å². The largest absolute Gasteiger partial charge is 0.322 e. The molecule has 0 aliphatic carbocycles. The number of anilines is 2. The molecule has 0 atom stereocenters. The Balaban J connectivity index is 1.72. The molecule has 3 aromatic rings. The third kappa shape index (κ3) is 4.52. The van der Waals surface area contributed by atoms with E-state index in [1.165, 1.54) is 24.3 Å². The van der Waals surface area contributed by atoms with E-state index in [0.29, 0.717) is 17.3 Å². The van der Waals surface area contributed by atoms with Gasteiger partial charge in [-0.15, -0.1) is 0 Å². The Morgan fingerprint density at radius 2 is 1.43 bits per heavy atom. The molecule has 8 heteroatoms. The fourth-order valence-corrected chi connectivity index (χ4v) is 3.46. The Bertz CT molecular complexity index is 1110. The van der Waals surface area contributed by atoms with Crippen molar-refractivity contribution in [3.63, 3.8) is 0 Å². The van der Waals surface area contributed by atoms with Crippen LogP contribution in [-0.4, -0.2) is 14.3 Å².